The lowest BCUT2D eigenvalue weighted by molar-refractivity contribution is 0.163. The summed E-state index contributed by atoms with van der Waals surface area (Å²) in [6.45, 7) is 2.06. The number of primary amides is 1. The van der Waals surface area contributed by atoms with E-state index in [2.05, 4.69) is 30.6 Å². The minimum absolute atomic E-state index is 0.198. The molecule has 13 nitrogen and oxygen atoms in total. The lowest BCUT2D eigenvalue weighted by Gasteiger charge is -2.12. The quantitative estimate of drug-likeness (QED) is 0.473. The summed E-state index contributed by atoms with van der Waals surface area (Å²) in [7, 11) is 2.21. The van der Waals surface area contributed by atoms with E-state index in [-0.39, 0.29) is 11.4 Å². The van der Waals surface area contributed by atoms with Crippen LogP contribution in [0.25, 0.3) is 0 Å². The Morgan fingerprint density at radius 3 is 1.50 bits per heavy atom. The Bertz CT molecular complexity index is 658. The number of para-hydroxylation sites is 2. The average Bonchev–Trinajstić information content (AvgIpc) is 2.63. The van der Waals surface area contributed by atoms with Gasteiger partial charge >= 0.3 is 30.3 Å². The van der Waals surface area contributed by atoms with Crippen molar-refractivity contribution in [1.82, 2.24) is 10.6 Å². The molecular weight excluding hydrogens is 378 g/mol. The second kappa shape index (κ2) is 13.2. The van der Waals surface area contributed by atoms with Gasteiger partial charge in [-0.25, -0.2) is 34.6 Å². The topological polar surface area (TPSA) is 187 Å². The van der Waals surface area contributed by atoms with Crippen LogP contribution in [0.15, 0.2) is 24.3 Å². The van der Waals surface area contributed by atoms with E-state index in [9.17, 15) is 24.0 Å². The minimum atomic E-state index is -0.939. The number of methoxy groups -OCH3 is 2. The molecular formula is C15H21N5O8. The van der Waals surface area contributed by atoms with Gasteiger partial charge in [-0.15, -0.1) is 0 Å². The number of ether oxygens (including phenoxy) is 3. The SMILES string of the molecule is CCOC(N)=O.COC(=O)NC(=O)Nc1ccccc1NC(=O)NC(=O)OC. The molecule has 0 saturated carbocycles. The Kier molecular flexibility index (Phi) is 11.3. The molecule has 0 spiro atoms. The van der Waals surface area contributed by atoms with Gasteiger partial charge in [0.2, 0.25) is 0 Å². The van der Waals surface area contributed by atoms with Crippen molar-refractivity contribution in [3.8, 4) is 0 Å². The van der Waals surface area contributed by atoms with Gasteiger partial charge in [0.05, 0.1) is 32.2 Å². The Morgan fingerprint density at radius 2 is 1.25 bits per heavy atom. The van der Waals surface area contributed by atoms with E-state index in [1.807, 2.05) is 10.6 Å². The van der Waals surface area contributed by atoms with Crippen molar-refractivity contribution < 1.29 is 38.2 Å². The smallest absolute Gasteiger partial charge is 0.415 e. The molecule has 0 bridgehead atoms. The van der Waals surface area contributed by atoms with Crippen LogP contribution in [-0.4, -0.2) is 51.2 Å². The number of nitrogens with one attached hydrogen (secondary N) is 4. The van der Waals surface area contributed by atoms with Crippen molar-refractivity contribution in [3.05, 3.63) is 24.3 Å². The number of imide groups is 2. The number of alkyl carbamates (subject to hydrolysis) is 2. The fraction of sp³-hybridized carbons (Fsp3) is 0.267. The third kappa shape index (κ3) is 10.8. The van der Waals surface area contributed by atoms with Crippen LogP contribution >= 0.6 is 0 Å². The molecule has 0 aromatic heterocycles. The zero-order chi connectivity index (χ0) is 21.5. The molecule has 0 fully saturated rings. The molecule has 0 aliphatic heterocycles. The van der Waals surface area contributed by atoms with Crippen LogP contribution in [0.5, 0.6) is 0 Å². The molecule has 0 aliphatic carbocycles. The van der Waals surface area contributed by atoms with E-state index in [0.29, 0.717) is 6.61 Å². The van der Waals surface area contributed by atoms with Crippen LogP contribution in [0.3, 0.4) is 0 Å². The molecule has 1 rings (SSSR count). The third-order valence-electron chi connectivity index (χ3n) is 2.51. The van der Waals surface area contributed by atoms with E-state index in [0.717, 1.165) is 14.2 Å². The van der Waals surface area contributed by atoms with Crippen molar-refractivity contribution in [1.29, 1.82) is 0 Å². The number of hydrogen-bond donors (Lipinski definition) is 5. The summed E-state index contributed by atoms with van der Waals surface area (Å²) in [5.41, 5.74) is 4.94. The molecule has 6 N–H and O–H groups in total. The molecule has 0 aliphatic rings. The highest BCUT2D eigenvalue weighted by atomic mass is 16.5. The van der Waals surface area contributed by atoms with Crippen LogP contribution in [0.4, 0.5) is 35.3 Å². The van der Waals surface area contributed by atoms with Gasteiger partial charge < -0.3 is 30.6 Å². The molecule has 154 valence electrons. The van der Waals surface area contributed by atoms with Gasteiger partial charge in [-0.3, -0.25) is 0 Å². The minimum Gasteiger partial charge on any atom is -0.453 e. The number of carbonyl (C=O) groups is 5. The third-order valence-corrected chi connectivity index (χ3v) is 2.51. The first-order chi connectivity index (χ1) is 13.2. The number of amides is 7. The Labute approximate surface area is 159 Å². The van der Waals surface area contributed by atoms with Crippen LogP contribution in [0, 0.1) is 0 Å². The number of carbonyl (C=O) groups excluding carboxylic acids is 5. The first-order valence-corrected chi connectivity index (χ1v) is 7.56. The highest BCUT2D eigenvalue weighted by Crippen LogP contribution is 2.20. The Morgan fingerprint density at radius 1 is 0.857 bits per heavy atom. The number of rotatable bonds is 3. The van der Waals surface area contributed by atoms with E-state index >= 15 is 0 Å². The zero-order valence-electron chi connectivity index (χ0n) is 15.4. The molecule has 0 unspecified atom stereocenters. The largest absolute Gasteiger partial charge is 0.453 e. The van der Waals surface area contributed by atoms with Gasteiger partial charge in [0, 0.05) is 0 Å². The molecule has 13 heteroatoms. The maximum atomic E-state index is 11.5. The van der Waals surface area contributed by atoms with Gasteiger partial charge in [0.15, 0.2) is 0 Å². The molecule has 0 radical (unpaired) electrons. The second-order valence-electron chi connectivity index (χ2n) is 4.44. The van der Waals surface area contributed by atoms with Gasteiger partial charge in [0.25, 0.3) is 0 Å². The number of urea groups is 2. The number of nitrogens with two attached hydrogens (primary N) is 1. The second-order valence-corrected chi connectivity index (χ2v) is 4.44. The summed E-state index contributed by atoms with van der Waals surface area (Å²) in [6.07, 6.45) is -2.59. The number of hydrogen-bond acceptors (Lipinski definition) is 8. The summed E-state index contributed by atoms with van der Waals surface area (Å²) in [6, 6.07) is 4.44. The molecule has 0 heterocycles. The predicted molar refractivity (Wildman–Crippen MR) is 96.8 cm³/mol. The molecule has 7 amide bonds. The molecule has 28 heavy (non-hydrogen) atoms. The van der Waals surface area contributed by atoms with E-state index in [1.165, 1.54) is 12.1 Å². The summed E-state index contributed by atoms with van der Waals surface area (Å²) < 4.78 is 12.7. The van der Waals surface area contributed by atoms with Crippen molar-refractivity contribution in [2.45, 2.75) is 6.92 Å². The summed E-state index contributed by atoms with van der Waals surface area (Å²) in [5, 5.41) is 8.45. The summed E-state index contributed by atoms with van der Waals surface area (Å²) in [4.78, 5) is 54.4. The Balaban J connectivity index is 0.00000105. The lowest BCUT2D eigenvalue weighted by Crippen LogP contribution is -2.36. The number of anilines is 2. The van der Waals surface area contributed by atoms with Crippen molar-refractivity contribution in [2.75, 3.05) is 31.5 Å². The maximum Gasteiger partial charge on any atom is 0.415 e. The monoisotopic (exact) mass is 399 g/mol. The molecule has 0 saturated heterocycles. The van der Waals surface area contributed by atoms with Gasteiger partial charge in [-0.1, -0.05) is 12.1 Å². The molecule has 1 aromatic carbocycles. The lowest BCUT2D eigenvalue weighted by atomic mass is 10.2. The van der Waals surface area contributed by atoms with Gasteiger partial charge in [0.1, 0.15) is 0 Å². The van der Waals surface area contributed by atoms with Crippen molar-refractivity contribution >= 4 is 41.7 Å². The van der Waals surface area contributed by atoms with Gasteiger partial charge in [-0.2, -0.15) is 0 Å². The standard InChI is InChI=1S/C12H14N4O6.C3H7NO2/c1-21-11(19)15-9(17)13-7-5-3-4-6-8(7)14-10(18)16-12(20)22-2;1-2-6-3(4)5/h3-6H,1-2H3,(H2,13,15,17,19)(H2,14,16,18,20);2H2,1H3,(H2,4,5). The fourth-order valence-electron chi connectivity index (χ4n) is 1.44. The van der Waals surface area contributed by atoms with Crippen LogP contribution in [0.2, 0.25) is 0 Å². The summed E-state index contributed by atoms with van der Waals surface area (Å²) >= 11 is 0. The average molecular weight is 399 g/mol. The van der Waals surface area contributed by atoms with E-state index < -0.39 is 30.3 Å². The van der Waals surface area contributed by atoms with Crippen LogP contribution in [0.1, 0.15) is 6.92 Å². The zero-order valence-corrected chi connectivity index (χ0v) is 15.4. The first-order valence-electron chi connectivity index (χ1n) is 7.56. The highest BCUT2D eigenvalue weighted by Gasteiger charge is 2.12. The number of benzene rings is 1. The first kappa shape index (κ1) is 24.0. The Hall–Kier alpha value is -4.03. The molecule has 0 atom stereocenters. The van der Waals surface area contributed by atoms with E-state index in [1.54, 1.807) is 19.1 Å². The van der Waals surface area contributed by atoms with Crippen molar-refractivity contribution in [3.63, 3.8) is 0 Å². The summed E-state index contributed by atoms with van der Waals surface area (Å²) in [5.74, 6) is 0. The van der Waals surface area contributed by atoms with Crippen molar-refractivity contribution in [2.24, 2.45) is 5.73 Å². The maximum absolute atomic E-state index is 11.5. The van der Waals surface area contributed by atoms with Crippen LogP contribution in [-0.2, 0) is 14.2 Å². The predicted octanol–water partition coefficient (Wildman–Crippen LogP) is 1.56. The fourth-order valence-corrected chi connectivity index (χ4v) is 1.44. The van der Waals surface area contributed by atoms with E-state index in [4.69, 9.17) is 0 Å². The highest BCUT2D eigenvalue weighted by molar-refractivity contribution is 6.04. The molecule has 1 aromatic rings. The normalized spacial score (nSPS) is 8.82. The van der Waals surface area contributed by atoms with Gasteiger partial charge in [-0.05, 0) is 19.1 Å². The van der Waals surface area contributed by atoms with Crippen LogP contribution < -0.4 is 27.0 Å².